The molecule has 0 unspecified atom stereocenters. The average Bonchev–Trinajstić information content (AvgIpc) is 2.54. The predicted molar refractivity (Wildman–Crippen MR) is 84.8 cm³/mol. The maximum Gasteiger partial charge on any atom is 0.573 e. The highest BCUT2D eigenvalue weighted by atomic mass is 19.4. The van der Waals surface area contributed by atoms with Crippen LogP contribution >= 0.6 is 0 Å². The molecule has 0 heterocycles. The number of halogens is 3. The van der Waals surface area contributed by atoms with Crippen molar-refractivity contribution in [2.24, 2.45) is 5.73 Å². The lowest BCUT2D eigenvalue weighted by Crippen LogP contribution is -2.17. The molecule has 0 saturated heterocycles. The van der Waals surface area contributed by atoms with Crippen molar-refractivity contribution < 1.29 is 23.0 Å². The van der Waals surface area contributed by atoms with Gasteiger partial charge in [-0.15, -0.1) is 13.2 Å². The fraction of sp³-hybridized carbons (Fsp3) is 0.111. The largest absolute Gasteiger partial charge is 0.573 e. The zero-order valence-electron chi connectivity index (χ0n) is 12.4. The molecule has 0 aliphatic heterocycles. The maximum absolute atomic E-state index is 12.2. The van der Waals surface area contributed by atoms with Gasteiger partial charge in [0.2, 0.25) is 0 Å². The average molecular weight is 333 g/mol. The number of ether oxygens (including phenoxy) is 1. The summed E-state index contributed by atoms with van der Waals surface area (Å²) in [4.78, 5) is 0. The number of phenols is 1. The topological polar surface area (TPSA) is 55.5 Å². The molecule has 3 nitrogen and oxygen atoms in total. The quantitative estimate of drug-likeness (QED) is 0.742. The van der Waals surface area contributed by atoms with Crippen LogP contribution in [0.25, 0.3) is 10.8 Å². The molecule has 0 radical (unpaired) electrons. The van der Waals surface area contributed by atoms with Crippen molar-refractivity contribution >= 4 is 10.8 Å². The number of benzene rings is 3. The van der Waals surface area contributed by atoms with E-state index in [1.54, 1.807) is 24.3 Å². The van der Waals surface area contributed by atoms with E-state index in [0.29, 0.717) is 10.9 Å². The van der Waals surface area contributed by atoms with Crippen LogP contribution in [-0.2, 0) is 0 Å². The summed E-state index contributed by atoms with van der Waals surface area (Å²) < 4.78 is 40.5. The predicted octanol–water partition coefficient (Wildman–Crippen LogP) is 4.49. The Kier molecular flexibility index (Phi) is 4.07. The van der Waals surface area contributed by atoms with Crippen molar-refractivity contribution in [2.45, 2.75) is 12.4 Å². The van der Waals surface area contributed by atoms with E-state index in [2.05, 4.69) is 4.74 Å². The first kappa shape index (κ1) is 16.1. The Bertz CT molecular complexity index is 860. The molecule has 0 bridgehead atoms. The molecule has 0 fully saturated rings. The molecule has 3 aromatic rings. The molecule has 0 saturated carbocycles. The Hall–Kier alpha value is -2.73. The van der Waals surface area contributed by atoms with Gasteiger partial charge in [-0.1, -0.05) is 42.5 Å². The first-order valence-corrected chi connectivity index (χ1v) is 7.17. The highest BCUT2D eigenvalue weighted by Crippen LogP contribution is 2.33. The van der Waals surface area contributed by atoms with Crippen LogP contribution in [0.5, 0.6) is 11.5 Å². The van der Waals surface area contributed by atoms with Gasteiger partial charge in [-0.3, -0.25) is 0 Å². The monoisotopic (exact) mass is 333 g/mol. The smallest absolute Gasteiger partial charge is 0.507 e. The van der Waals surface area contributed by atoms with Crippen LogP contribution < -0.4 is 10.5 Å². The Morgan fingerprint density at radius 1 is 0.875 bits per heavy atom. The van der Waals surface area contributed by atoms with Gasteiger partial charge in [0.1, 0.15) is 11.5 Å². The minimum absolute atomic E-state index is 0.149. The standard InChI is InChI=1S/C18H14F3NO2/c19-18(20,21)24-12-7-5-11(6-8-12)17(22)15-9-10-16(23)14-4-2-1-3-13(14)15/h1-10,17,23H,22H2/t17-/m0/s1. The van der Waals surface area contributed by atoms with Crippen molar-refractivity contribution in [2.75, 3.05) is 0 Å². The van der Waals surface area contributed by atoms with Crippen LogP contribution in [0.3, 0.4) is 0 Å². The molecular formula is C18H14F3NO2. The van der Waals surface area contributed by atoms with Gasteiger partial charge in [-0.25, -0.2) is 0 Å². The summed E-state index contributed by atoms with van der Waals surface area (Å²) >= 11 is 0. The number of hydrogen-bond donors (Lipinski definition) is 2. The third-order valence-corrected chi connectivity index (χ3v) is 3.74. The SMILES string of the molecule is N[C@@H](c1ccc(OC(F)(F)F)cc1)c1ccc(O)c2ccccc12. The summed E-state index contributed by atoms with van der Waals surface area (Å²) in [5.41, 5.74) is 7.68. The van der Waals surface area contributed by atoms with Crippen molar-refractivity contribution in [1.29, 1.82) is 0 Å². The van der Waals surface area contributed by atoms with Crippen LogP contribution in [0.4, 0.5) is 13.2 Å². The minimum atomic E-state index is -4.73. The molecule has 3 rings (SSSR count). The minimum Gasteiger partial charge on any atom is -0.507 e. The zero-order chi connectivity index (χ0) is 17.3. The van der Waals surface area contributed by atoms with Gasteiger partial charge < -0.3 is 15.6 Å². The van der Waals surface area contributed by atoms with Crippen molar-refractivity contribution in [3.05, 3.63) is 71.8 Å². The first-order valence-electron chi connectivity index (χ1n) is 7.17. The van der Waals surface area contributed by atoms with Gasteiger partial charge in [-0.05, 0) is 34.7 Å². The molecular weight excluding hydrogens is 319 g/mol. The molecule has 1 atom stereocenters. The summed E-state index contributed by atoms with van der Waals surface area (Å²) in [5, 5.41) is 11.4. The normalized spacial score (nSPS) is 13.0. The zero-order valence-corrected chi connectivity index (χ0v) is 12.4. The number of phenolic OH excluding ortho intramolecular Hbond substituents is 1. The lowest BCUT2D eigenvalue weighted by molar-refractivity contribution is -0.274. The van der Waals surface area contributed by atoms with Crippen molar-refractivity contribution in [1.82, 2.24) is 0 Å². The van der Waals surface area contributed by atoms with E-state index in [0.717, 1.165) is 10.9 Å². The highest BCUT2D eigenvalue weighted by Gasteiger charge is 2.31. The van der Waals surface area contributed by atoms with Crippen LogP contribution in [0.2, 0.25) is 0 Å². The van der Waals surface area contributed by atoms with E-state index in [9.17, 15) is 18.3 Å². The fourth-order valence-electron chi connectivity index (χ4n) is 2.63. The summed E-state index contributed by atoms with van der Waals surface area (Å²) in [6, 6.07) is 15.4. The summed E-state index contributed by atoms with van der Waals surface area (Å²) in [6.07, 6.45) is -4.73. The Labute approximate surface area is 136 Å². The summed E-state index contributed by atoms with van der Waals surface area (Å²) in [7, 11) is 0. The van der Waals surface area contributed by atoms with Crippen LogP contribution in [0.15, 0.2) is 60.7 Å². The number of fused-ring (bicyclic) bond motifs is 1. The Balaban J connectivity index is 1.95. The molecule has 6 heteroatoms. The van der Waals surface area contributed by atoms with Gasteiger partial charge in [0.15, 0.2) is 0 Å². The second-order valence-corrected chi connectivity index (χ2v) is 5.31. The number of rotatable bonds is 3. The lowest BCUT2D eigenvalue weighted by atomic mass is 9.94. The van der Waals surface area contributed by atoms with Gasteiger partial charge in [-0.2, -0.15) is 0 Å². The maximum atomic E-state index is 12.2. The Morgan fingerprint density at radius 3 is 2.12 bits per heavy atom. The molecule has 0 aromatic heterocycles. The van der Waals surface area contributed by atoms with E-state index in [1.807, 2.05) is 12.1 Å². The number of aromatic hydroxyl groups is 1. The Morgan fingerprint density at radius 2 is 1.50 bits per heavy atom. The number of alkyl halides is 3. The van der Waals surface area contributed by atoms with E-state index >= 15 is 0 Å². The van der Waals surface area contributed by atoms with Crippen molar-refractivity contribution in [3.8, 4) is 11.5 Å². The third-order valence-electron chi connectivity index (χ3n) is 3.74. The summed E-state index contributed by atoms with van der Waals surface area (Å²) in [5.74, 6) is -0.149. The van der Waals surface area contributed by atoms with Crippen LogP contribution in [-0.4, -0.2) is 11.5 Å². The number of nitrogens with two attached hydrogens (primary N) is 1. The van der Waals surface area contributed by atoms with Crippen LogP contribution in [0, 0.1) is 0 Å². The molecule has 3 N–H and O–H groups in total. The van der Waals surface area contributed by atoms with Crippen LogP contribution in [0.1, 0.15) is 17.2 Å². The van der Waals surface area contributed by atoms with Gasteiger partial charge in [0.05, 0.1) is 6.04 Å². The van der Waals surface area contributed by atoms with Gasteiger partial charge in [0.25, 0.3) is 0 Å². The molecule has 124 valence electrons. The van der Waals surface area contributed by atoms with Gasteiger partial charge >= 0.3 is 6.36 Å². The second-order valence-electron chi connectivity index (χ2n) is 5.31. The molecule has 0 aliphatic carbocycles. The lowest BCUT2D eigenvalue weighted by Gasteiger charge is -2.17. The molecule has 0 aliphatic rings. The van der Waals surface area contributed by atoms with E-state index in [4.69, 9.17) is 5.73 Å². The first-order chi connectivity index (χ1) is 11.3. The van der Waals surface area contributed by atoms with E-state index in [-0.39, 0.29) is 11.5 Å². The molecule has 3 aromatic carbocycles. The number of hydrogen-bond acceptors (Lipinski definition) is 3. The molecule has 24 heavy (non-hydrogen) atoms. The highest BCUT2D eigenvalue weighted by molar-refractivity contribution is 5.91. The molecule has 0 spiro atoms. The second kappa shape index (κ2) is 6.05. The summed E-state index contributed by atoms with van der Waals surface area (Å²) in [6.45, 7) is 0. The fourth-order valence-corrected chi connectivity index (χ4v) is 2.63. The van der Waals surface area contributed by atoms with Crippen molar-refractivity contribution in [3.63, 3.8) is 0 Å². The van der Waals surface area contributed by atoms with E-state index in [1.165, 1.54) is 24.3 Å². The molecule has 0 amide bonds. The van der Waals surface area contributed by atoms with Gasteiger partial charge in [0, 0.05) is 5.39 Å². The third kappa shape index (κ3) is 3.28. The van der Waals surface area contributed by atoms with E-state index < -0.39 is 12.4 Å².